The number of nitrogens with zero attached hydrogens (tertiary/aromatic N) is 4. The van der Waals surface area contributed by atoms with E-state index in [4.69, 9.17) is 5.53 Å². The Hall–Kier alpha value is -0.870. The lowest BCUT2D eigenvalue weighted by atomic mass is 10.1. The van der Waals surface area contributed by atoms with Gasteiger partial charge in [-0.05, 0) is 17.7 Å². The Kier molecular flexibility index (Phi) is 1.86. The van der Waals surface area contributed by atoms with E-state index >= 15 is 0 Å². The van der Waals surface area contributed by atoms with Gasteiger partial charge in [0.2, 0.25) is 5.91 Å². The molecular formula is C6H8N4OS. The number of β-lactam (4-membered cyclic amide) rings is 1. The van der Waals surface area contributed by atoms with Crippen molar-refractivity contribution in [1.29, 1.82) is 0 Å². The second-order valence-corrected chi connectivity index (χ2v) is 4.09. The summed E-state index contributed by atoms with van der Waals surface area (Å²) in [6.07, 6.45) is 1.18. The third-order valence-corrected chi connectivity index (χ3v) is 3.39. The first-order chi connectivity index (χ1) is 5.83. The Balaban J connectivity index is 2.12. The van der Waals surface area contributed by atoms with Crippen molar-refractivity contribution < 1.29 is 4.79 Å². The molecule has 0 aromatic rings. The molecule has 0 spiro atoms. The molecule has 2 aliphatic heterocycles. The van der Waals surface area contributed by atoms with Gasteiger partial charge in [-0.3, -0.25) is 4.79 Å². The van der Waals surface area contributed by atoms with Gasteiger partial charge in [0.25, 0.3) is 0 Å². The molecule has 2 rings (SSSR count). The van der Waals surface area contributed by atoms with Gasteiger partial charge in [0.15, 0.2) is 0 Å². The number of carbonyl (C=O) groups is 1. The largest absolute Gasteiger partial charge is 0.321 e. The van der Waals surface area contributed by atoms with Crippen LogP contribution < -0.4 is 0 Å². The third-order valence-electron chi connectivity index (χ3n) is 2.14. The van der Waals surface area contributed by atoms with E-state index in [0.717, 1.165) is 12.2 Å². The van der Waals surface area contributed by atoms with E-state index in [1.807, 2.05) is 0 Å². The van der Waals surface area contributed by atoms with E-state index in [1.165, 1.54) is 0 Å². The zero-order valence-corrected chi connectivity index (χ0v) is 7.20. The van der Waals surface area contributed by atoms with Gasteiger partial charge in [0, 0.05) is 4.91 Å². The van der Waals surface area contributed by atoms with E-state index in [9.17, 15) is 4.79 Å². The van der Waals surface area contributed by atoms with Crippen LogP contribution in [0.4, 0.5) is 0 Å². The van der Waals surface area contributed by atoms with Gasteiger partial charge < -0.3 is 4.90 Å². The van der Waals surface area contributed by atoms with Crippen molar-refractivity contribution in [2.24, 2.45) is 5.11 Å². The van der Waals surface area contributed by atoms with Crippen molar-refractivity contribution in [2.75, 3.05) is 5.75 Å². The molecule has 0 radical (unpaired) electrons. The molecule has 0 aliphatic carbocycles. The third kappa shape index (κ3) is 1.04. The molecular weight excluding hydrogens is 176 g/mol. The van der Waals surface area contributed by atoms with Crippen molar-refractivity contribution in [3.63, 3.8) is 0 Å². The minimum atomic E-state index is -0.220. The maximum absolute atomic E-state index is 11.1. The van der Waals surface area contributed by atoms with E-state index in [-0.39, 0.29) is 17.4 Å². The summed E-state index contributed by atoms with van der Waals surface area (Å²) in [5, 5.41) is 3.87. The zero-order chi connectivity index (χ0) is 8.55. The molecule has 2 saturated heterocycles. The summed E-state index contributed by atoms with van der Waals surface area (Å²) in [6.45, 7) is 0. The standard InChI is InChI=1S/C6H8N4OS/c7-9-8-4-1-2-12-6-3-5(11)10(4)6/h4,6H,1-3H2/t4?,6-/m1/s1. The topological polar surface area (TPSA) is 69.1 Å². The summed E-state index contributed by atoms with van der Waals surface area (Å²) in [7, 11) is 0. The minimum Gasteiger partial charge on any atom is -0.321 e. The number of fused-ring (bicyclic) bond motifs is 1. The Labute approximate surface area is 73.7 Å². The Morgan fingerprint density at radius 1 is 1.75 bits per heavy atom. The Morgan fingerprint density at radius 3 is 3.25 bits per heavy atom. The van der Waals surface area contributed by atoms with E-state index in [2.05, 4.69) is 10.0 Å². The predicted molar refractivity (Wildman–Crippen MR) is 45.3 cm³/mol. The van der Waals surface area contributed by atoms with Crippen LogP contribution in [0, 0.1) is 0 Å². The first kappa shape index (κ1) is 7.76. The van der Waals surface area contributed by atoms with Gasteiger partial charge in [-0.1, -0.05) is 5.11 Å². The number of hydrogen-bond donors (Lipinski definition) is 0. The summed E-state index contributed by atoms with van der Waals surface area (Å²) in [5.41, 5.74) is 8.25. The van der Waals surface area contributed by atoms with Crippen LogP contribution in [0.15, 0.2) is 5.11 Å². The number of carbonyl (C=O) groups excluding carboxylic acids is 1. The highest BCUT2D eigenvalue weighted by atomic mass is 32.2. The summed E-state index contributed by atoms with van der Waals surface area (Å²) >= 11 is 1.77. The summed E-state index contributed by atoms with van der Waals surface area (Å²) in [5.74, 6) is 1.10. The second kappa shape index (κ2) is 2.88. The van der Waals surface area contributed by atoms with E-state index in [1.54, 1.807) is 16.7 Å². The molecule has 1 unspecified atom stereocenters. The van der Waals surface area contributed by atoms with E-state index < -0.39 is 0 Å². The van der Waals surface area contributed by atoms with Crippen molar-refractivity contribution >= 4 is 17.7 Å². The summed E-state index contributed by atoms with van der Waals surface area (Å²) < 4.78 is 0. The molecule has 5 nitrogen and oxygen atoms in total. The Morgan fingerprint density at radius 2 is 2.58 bits per heavy atom. The van der Waals surface area contributed by atoms with Crippen LogP contribution in [0.5, 0.6) is 0 Å². The first-order valence-electron chi connectivity index (χ1n) is 3.80. The fraction of sp³-hybridized carbons (Fsp3) is 0.833. The zero-order valence-electron chi connectivity index (χ0n) is 6.38. The van der Waals surface area contributed by atoms with Crippen LogP contribution in [-0.4, -0.2) is 28.1 Å². The highest BCUT2D eigenvalue weighted by Gasteiger charge is 2.43. The number of rotatable bonds is 1. The van der Waals surface area contributed by atoms with Crippen LogP contribution in [0.3, 0.4) is 0 Å². The molecule has 0 saturated carbocycles. The summed E-state index contributed by atoms with van der Waals surface area (Å²) in [6, 6.07) is 0. The first-order valence-corrected chi connectivity index (χ1v) is 4.85. The van der Waals surface area contributed by atoms with Crippen molar-refractivity contribution in [1.82, 2.24) is 4.90 Å². The number of azide groups is 1. The van der Waals surface area contributed by atoms with Gasteiger partial charge >= 0.3 is 0 Å². The molecule has 0 bridgehead atoms. The summed E-state index contributed by atoms with van der Waals surface area (Å²) in [4.78, 5) is 15.5. The molecule has 0 N–H and O–H groups in total. The van der Waals surface area contributed by atoms with Crippen LogP contribution in [-0.2, 0) is 4.79 Å². The van der Waals surface area contributed by atoms with Crippen LogP contribution in [0.25, 0.3) is 10.4 Å². The maximum atomic E-state index is 11.1. The predicted octanol–water partition coefficient (Wildman–Crippen LogP) is 1.32. The van der Waals surface area contributed by atoms with Gasteiger partial charge in [-0.25, -0.2) is 0 Å². The lowest BCUT2D eigenvalue weighted by Gasteiger charge is -2.46. The molecule has 64 valence electrons. The monoisotopic (exact) mass is 184 g/mol. The smallest absolute Gasteiger partial charge is 0.226 e. The maximum Gasteiger partial charge on any atom is 0.226 e. The molecule has 0 aromatic heterocycles. The number of amides is 1. The SMILES string of the molecule is [N-]=[N+]=NC1CCS[C@@H]2CC(=O)N12. The van der Waals surface area contributed by atoms with Crippen LogP contribution >= 0.6 is 11.8 Å². The van der Waals surface area contributed by atoms with Gasteiger partial charge in [0.1, 0.15) is 6.17 Å². The molecule has 12 heavy (non-hydrogen) atoms. The van der Waals surface area contributed by atoms with Gasteiger partial charge in [-0.2, -0.15) is 0 Å². The molecule has 1 amide bonds. The second-order valence-electron chi connectivity index (χ2n) is 2.80. The fourth-order valence-corrected chi connectivity index (χ4v) is 2.82. The van der Waals surface area contributed by atoms with Crippen molar-refractivity contribution in [3.05, 3.63) is 10.4 Å². The average molecular weight is 184 g/mol. The highest BCUT2D eigenvalue weighted by Crippen LogP contribution is 2.37. The minimum absolute atomic E-state index is 0.115. The molecule has 6 heteroatoms. The molecule has 2 aliphatic rings. The van der Waals surface area contributed by atoms with Crippen LogP contribution in [0.2, 0.25) is 0 Å². The fourth-order valence-electron chi connectivity index (χ4n) is 1.52. The molecule has 2 heterocycles. The van der Waals surface area contributed by atoms with Gasteiger partial charge in [-0.15, -0.1) is 11.8 Å². The van der Waals surface area contributed by atoms with Crippen LogP contribution in [0.1, 0.15) is 12.8 Å². The quantitative estimate of drug-likeness (QED) is 0.267. The Bertz CT molecular complexity index is 260. The lowest BCUT2D eigenvalue weighted by molar-refractivity contribution is -0.145. The van der Waals surface area contributed by atoms with Gasteiger partial charge in [0.05, 0.1) is 11.8 Å². The molecule has 2 fully saturated rings. The molecule has 0 aromatic carbocycles. The van der Waals surface area contributed by atoms with Crippen molar-refractivity contribution in [3.8, 4) is 0 Å². The average Bonchev–Trinajstić information content (AvgIpc) is 2.03. The van der Waals surface area contributed by atoms with E-state index in [0.29, 0.717) is 6.42 Å². The lowest BCUT2D eigenvalue weighted by Crippen LogP contribution is -2.57. The molecule has 2 atom stereocenters. The highest BCUT2D eigenvalue weighted by molar-refractivity contribution is 8.00. The number of hydrogen-bond acceptors (Lipinski definition) is 3. The number of thioether (sulfide) groups is 1. The van der Waals surface area contributed by atoms with Crippen molar-refractivity contribution in [2.45, 2.75) is 24.4 Å². The normalized spacial score (nSPS) is 33.3.